The minimum atomic E-state index is -0.526. The van der Waals surface area contributed by atoms with Crippen LogP contribution >= 0.6 is 27.3 Å². The second-order valence-corrected chi connectivity index (χ2v) is 8.24. The average Bonchev–Trinajstić information content (AvgIpc) is 2.87. The lowest BCUT2D eigenvalue weighted by atomic mass is 9.93. The van der Waals surface area contributed by atoms with Gasteiger partial charge in [0, 0.05) is 25.5 Å². The van der Waals surface area contributed by atoms with E-state index >= 15 is 0 Å². The number of carbonyl (C=O) groups excluding carboxylic acids is 1. The first-order valence-corrected chi connectivity index (χ1v) is 8.87. The van der Waals surface area contributed by atoms with E-state index in [-0.39, 0.29) is 5.91 Å². The van der Waals surface area contributed by atoms with Gasteiger partial charge in [-0.25, -0.2) is 0 Å². The Bertz CT molecular complexity index is 527. The van der Waals surface area contributed by atoms with Gasteiger partial charge in [0.15, 0.2) is 5.96 Å². The Hall–Kier alpha value is -1.08. The average molecular weight is 389 g/mol. The van der Waals surface area contributed by atoms with Crippen molar-refractivity contribution < 1.29 is 4.79 Å². The van der Waals surface area contributed by atoms with Crippen LogP contribution in [0.25, 0.3) is 0 Å². The third kappa shape index (κ3) is 5.61. The summed E-state index contributed by atoms with van der Waals surface area (Å²) in [6.45, 7) is 7.84. The van der Waals surface area contributed by atoms with Gasteiger partial charge in [-0.15, -0.1) is 11.3 Å². The zero-order valence-electron chi connectivity index (χ0n) is 13.9. The molecular weight excluding hydrogens is 364 g/mol. The lowest BCUT2D eigenvalue weighted by Gasteiger charge is -2.24. The van der Waals surface area contributed by atoms with Crippen molar-refractivity contribution in [2.45, 2.75) is 27.3 Å². The highest BCUT2D eigenvalue weighted by Crippen LogP contribution is 2.23. The molecule has 0 aliphatic rings. The van der Waals surface area contributed by atoms with Gasteiger partial charge < -0.3 is 15.5 Å². The Morgan fingerprint density at radius 1 is 1.45 bits per heavy atom. The zero-order valence-corrected chi connectivity index (χ0v) is 16.3. The lowest BCUT2D eigenvalue weighted by Crippen LogP contribution is -2.41. The fourth-order valence-electron chi connectivity index (χ4n) is 1.90. The maximum absolute atomic E-state index is 11.8. The van der Waals surface area contributed by atoms with Crippen LogP contribution in [-0.2, 0) is 11.3 Å². The van der Waals surface area contributed by atoms with Crippen molar-refractivity contribution in [2.75, 3.05) is 27.2 Å². The van der Waals surface area contributed by atoms with Gasteiger partial charge in [0.25, 0.3) is 0 Å². The van der Waals surface area contributed by atoms with Crippen molar-refractivity contribution in [3.63, 3.8) is 0 Å². The highest BCUT2D eigenvalue weighted by atomic mass is 79.9. The number of aliphatic imine (C=N–C) groups is 1. The molecule has 124 valence electrons. The van der Waals surface area contributed by atoms with Gasteiger partial charge in [-0.1, -0.05) is 0 Å². The van der Waals surface area contributed by atoms with Crippen molar-refractivity contribution in [3.8, 4) is 0 Å². The first kappa shape index (κ1) is 19.0. The van der Waals surface area contributed by atoms with E-state index in [0.29, 0.717) is 6.54 Å². The van der Waals surface area contributed by atoms with E-state index in [9.17, 15) is 4.79 Å². The number of hydrogen-bond acceptors (Lipinski definition) is 3. The zero-order chi connectivity index (χ0) is 16.8. The topological polar surface area (TPSA) is 56.7 Å². The van der Waals surface area contributed by atoms with E-state index in [1.165, 1.54) is 4.88 Å². The third-order valence-corrected chi connectivity index (χ3v) is 4.79. The molecule has 5 nitrogen and oxygen atoms in total. The van der Waals surface area contributed by atoms with Crippen LogP contribution in [0.5, 0.6) is 0 Å². The number of nitrogens with one attached hydrogen (secondary N) is 2. The van der Waals surface area contributed by atoms with E-state index in [4.69, 9.17) is 0 Å². The molecule has 2 N–H and O–H groups in total. The molecule has 0 aliphatic carbocycles. The molecule has 1 heterocycles. The highest BCUT2D eigenvalue weighted by molar-refractivity contribution is 9.11. The van der Waals surface area contributed by atoms with Gasteiger partial charge in [0.2, 0.25) is 5.91 Å². The van der Waals surface area contributed by atoms with Crippen LogP contribution in [0.3, 0.4) is 0 Å². The standard InChI is InChI=1S/C15H25BrN4OS/c1-6-18-14(19-10-15(2,3)13(21)17-4)20(5)9-11-7-8-12(16)22-11/h7-8H,6,9-10H2,1-5H3,(H,17,21)(H,18,19). The van der Waals surface area contributed by atoms with Crippen LogP contribution in [0.4, 0.5) is 0 Å². The van der Waals surface area contributed by atoms with Gasteiger partial charge in [0.05, 0.1) is 22.3 Å². The number of carbonyl (C=O) groups is 1. The summed E-state index contributed by atoms with van der Waals surface area (Å²) in [5.74, 6) is 0.806. The number of halogens is 1. The maximum Gasteiger partial charge on any atom is 0.227 e. The van der Waals surface area contributed by atoms with Gasteiger partial charge in [-0.05, 0) is 48.8 Å². The smallest absolute Gasteiger partial charge is 0.227 e. The van der Waals surface area contributed by atoms with Crippen LogP contribution < -0.4 is 10.6 Å². The molecule has 7 heteroatoms. The van der Waals surface area contributed by atoms with E-state index in [1.54, 1.807) is 18.4 Å². The molecule has 0 aromatic carbocycles. The maximum atomic E-state index is 11.8. The quantitative estimate of drug-likeness (QED) is 0.581. The number of hydrogen-bond donors (Lipinski definition) is 2. The molecule has 0 atom stereocenters. The van der Waals surface area contributed by atoms with Crippen molar-refractivity contribution >= 4 is 39.1 Å². The summed E-state index contributed by atoms with van der Waals surface area (Å²) in [5.41, 5.74) is -0.526. The van der Waals surface area contributed by atoms with Crippen molar-refractivity contribution in [1.82, 2.24) is 15.5 Å². The Morgan fingerprint density at radius 2 is 2.14 bits per heavy atom. The minimum Gasteiger partial charge on any atom is -0.359 e. The Labute approximate surface area is 145 Å². The monoisotopic (exact) mass is 388 g/mol. The highest BCUT2D eigenvalue weighted by Gasteiger charge is 2.26. The fraction of sp³-hybridized carbons (Fsp3) is 0.600. The van der Waals surface area contributed by atoms with E-state index in [1.807, 2.05) is 33.9 Å². The summed E-state index contributed by atoms with van der Waals surface area (Å²) in [4.78, 5) is 19.8. The molecule has 0 saturated heterocycles. The SMILES string of the molecule is CCNC(=NCC(C)(C)C(=O)NC)N(C)Cc1ccc(Br)s1. The molecule has 0 spiro atoms. The van der Waals surface area contributed by atoms with Crippen LogP contribution in [0, 0.1) is 5.41 Å². The van der Waals surface area contributed by atoms with Crippen molar-refractivity contribution in [2.24, 2.45) is 10.4 Å². The summed E-state index contributed by atoms with van der Waals surface area (Å²) in [6.07, 6.45) is 0. The van der Waals surface area contributed by atoms with E-state index < -0.39 is 5.41 Å². The predicted molar refractivity (Wildman–Crippen MR) is 97.3 cm³/mol. The molecule has 0 bridgehead atoms. The summed E-state index contributed by atoms with van der Waals surface area (Å²) >= 11 is 5.19. The first-order valence-electron chi connectivity index (χ1n) is 7.26. The summed E-state index contributed by atoms with van der Waals surface area (Å²) in [6, 6.07) is 4.15. The first-order chi connectivity index (χ1) is 10.3. The Kier molecular flexibility index (Phi) is 7.35. The molecule has 1 aromatic heterocycles. The number of nitrogens with zero attached hydrogens (tertiary/aromatic N) is 2. The molecule has 0 unspecified atom stereocenters. The number of thiophene rings is 1. The van der Waals surface area contributed by atoms with Crippen molar-refractivity contribution in [1.29, 1.82) is 0 Å². The second-order valence-electron chi connectivity index (χ2n) is 5.70. The Morgan fingerprint density at radius 3 is 2.64 bits per heavy atom. The number of amides is 1. The molecule has 1 aromatic rings. The van der Waals surface area contributed by atoms with Crippen molar-refractivity contribution in [3.05, 3.63) is 20.8 Å². The molecule has 22 heavy (non-hydrogen) atoms. The molecule has 1 rings (SSSR count). The third-order valence-electron chi connectivity index (χ3n) is 3.18. The minimum absolute atomic E-state index is 0.00283. The molecule has 0 radical (unpaired) electrons. The lowest BCUT2D eigenvalue weighted by molar-refractivity contribution is -0.128. The summed E-state index contributed by atoms with van der Waals surface area (Å²) in [7, 11) is 3.65. The largest absolute Gasteiger partial charge is 0.359 e. The summed E-state index contributed by atoms with van der Waals surface area (Å²) < 4.78 is 1.12. The molecule has 1 amide bonds. The number of guanidine groups is 1. The van der Waals surface area contributed by atoms with Gasteiger partial charge >= 0.3 is 0 Å². The fourth-order valence-corrected chi connectivity index (χ4v) is 3.43. The Balaban J connectivity index is 2.78. The van der Waals surface area contributed by atoms with Crippen LogP contribution in [0.15, 0.2) is 20.9 Å². The van der Waals surface area contributed by atoms with Crippen LogP contribution in [0.2, 0.25) is 0 Å². The van der Waals surface area contributed by atoms with Crippen LogP contribution in [-0.4, -0.2) is 44.0 Å². The van der Waals surface area contributed by atoms with E-state index in [0.717, 1.165) is 22.8 Å². The predicted octanol–water partition coefficient (Wildman–Crippen LogP) is 2.68. The van der Waals surface area contributed by atoms with Crippen LogP contribution in [0.1, 0.15) is 25.6 Å². The summed E-state index contributed by atoms with van der Waals surface area (Å²) in [5, 5.41) is 5.96. The van der Waals surface area contributed by atoms with E-state index in [2.05, 4.69) is 42.5 Å². The van der Waals surface area contributed by atoms with Gasteiger partial charge in [-0.2, -0.15) is 0 Å². The normalized spacial score (nSPS) is 12.2. The molecule has 0 aliphatic heterocycles. The molecular formula is C15H25BrN4OS. The second kappa shape index (κ2) is 8.53. The molecule has 0 fully saturated rings. The van der Waals surface area contributed by atoms with Gasteiger partial charge in [0.1, 0.15) is 0 Å². The number of rotatable bonds is 6. The van der Waals surface area contributed by atoms with Gasteiger partial charge in [-0.3, -0.25) is 9.79 Å². The molecule has 0 saturated carbocycles.